The average Bonchev–Trinajstić information content (AvgIpc) is 3.48. The van der Waals surface area contributed by atoms with E-state index in [9.17, 15) is 4.79 Å². The van der Waals surface area contributed by atoms with Crippen molar-refractivity contribution in [3.8, 4) is 6.07 Å². The lowest BCUT2D eigenvalue weighted by molar-refractivity contribution is -0.117. The summed E-state index contributed by atoms with van der Waals surface area (Å²) in [5, 5.41) is 12.6. The van der Waals surface area contributed by atoms with Gasteiger partial charge in [0.1, 0.15) is 17.6 Å². The van der Waals surface area contributed by atoms with Gasteiger partial charge in [-0.15, -0.1) is 0 Å². The molecule has 1 aliphatic heterocycles. The molecule has 2 heterocycles. The monoisotopic (exact) mass is 346 g/mol. The first-order chi connectivity index (χ1) is 12.6. The first kappa shape index (κ1) is 16.6. The van der Waals surface area contributed by atoms with E-state index in [1.807, 2.05) is 35.2 Å². The minimum Gasteiger partial charge on any atom is -0.363 e. The van der Waals surface area contributed by atoms with Gasteiger partial charge in [0.25, 0.3) is 0 Å². The fourth-order valence-corrected chi connectivity index (χ4v) is 4.25. The molecule has 2 aromatic rings. The quantitative estimate of drug-likeness (QED) is 0.915. The predicted octanol–water partition coefficient (Wildman–Crippen LogP) is 3.89. The lowest BCUT2D eigenvalue weighted by Gasteiger charge is -2.45. The highest BCUT2D eigenvalue weighted by molar-refractivity contribution is 5.94. The van der Waals surface area contributed by atoms with Crippen LogP contribution in [0.3, 0.4) is 0 Å². The summed E-state index contributed by atoms with van der Waals surface area (Å²) in [6.45, 7) is 3.87. The number of fused-ring (bicyclic) bond motifs is 1. The molecule has 2 aliphatic rings. The van der Waals surface area contributed by atoms with Gasteiger partial charge >= 0.3 is 0 Å². The van der Waals surface area contributed by atoms with E-state index in [2.05, 4.69) is 29.4 Å². The molecule has 1 fully saturated rings. The Morgan fingerprint density at radius 2 is 2.00 bits per heavy atom. The Morgan fingerprint density at radius 3 is 2.69 bits per heavy atom. The standard InChI is InChI=1S/C21H22N4O/c1-13-20(24-19-9-5-6-16(12-22)23-19)17-7-3-4-8-18(17)25(14(2)26)21(13)15-10-11-15/h3-9,13,15,20-21H,10-11H2,1-2H3,(H,23,24)/t13-,20?,21-/m1/s1. The molecule has 0 bridgehead atoms. The number of carbonyl (C=O) groups is 1. The Hall–Kier alpha value is -2.87. The average molecular weight is 346 g/mol. The van der Waals surface area contributed by atoms with Crippen molar-refractivity contribution in [2.24, 2.45) is 11.8 Å². The lowest BCUT2D eigenvalue weighted by Crippen LogP contribution is -2.51. The van der Waals surface area contributed by atoms with E-state index in [0.29, 0.717) is 17.4 Å². The van der Waals surface area contributed by atoms with Crippen molar-refractivity contribution in [1.29, 1.82) is 5.26 Å². The fraction of sp³-hybridized carbons (Fsp3) is 0.381. The number of rotatable bonds is 3. The number of nitrogens with one attached hydrogen (secondary N) is 1. The van der Waals surface area contributed by atoms with Gasteiger partial charge in [0.2, 0.25) is 5.91 Å². The molecule has 4 rings (SSSR count). The first-order valence-corrected chi connectivity index (χ1v) is 9.12. The molecule has 0 spiro atoms. The van der Waals surface area contributed by atoms with Gasteiger partial charge in [-0.1, -0.05) is 31.2 Å². The minimum atomic E-state index is 0.0499. The van der Waals surface area contributed by atoms with E-state index in [1.165, 1.54) is 12.8 Å². The van der Waals surface area contributed by atoms with Crippen LogP contribution in [0.25, 0.3) is 0 Å². The number of amides is 1. The number of para-hydroxylation sites is 1. The maximum Gasteiger partial charge on any atom is 0.224 e. The van der Waals surface area contributed by atoms with Crippen LogP contribution in [0.15, 0.2) is 42.5 Å². The summed E-state index contributed by atoms with van der Waals surface area (Å²) in [5.41, 5.74) is 2.50. The number of benzene rings is 1. The van der Waals surface area contributed by atoms with E-state index in [4.69, 9.17) is 5.26 Å². The molecule has 0 radical (unpaired) electrons. The number of carbonyl (C=O) groups excluding carboxylic acids is 1. The smallest absolute Gasteiger partial charge is 0.224 e. The molecule has 1 N–H and O–H groups in total. The van der Waals surface area contributed by atoms with Crippen LogP contribution in [-0.2, 0) is 4.79 Å². The van der Waals surface area contributed by atoms with Crippen LogP contribution in [0, 0.1) is 23.2 Å². The predicted molar refractivity (Wildman–Crippen MR) is 101 cm³/mol. The number of anilines is 2. The lowest BCUT2D eigenvalue weighted by atomic mass is 9.80. The largest absolute Gasteiger partial charge is 0.363 e. The van der Waals surface area contributed by atoms with Crippen molar-refractivity contribution >= 4 is 17.4 Å². The van der Waals surface area contributed by atoms with Crippen LogP contribution in [-0.4, -0.2) is 16.9 Å². The molecule has 132 valence electrons. The zero-order valence-electron chi connectivity index (χ0n) is 15.0. The maximum absolute atomic E-state index is 12.5. The van der Waals surface area contributed by atoms with Crippen molar-refractivity contribution in [2.75, 3.05) is 10.2 Å². The summed E-state index contributed by atoms with van der Waals surface area (Å²) in [6.07, 6.45) is 2.35. The maximum atomic E-state index is 12.5. The Labute approximate surface area is 153 Å². The van der Waals surface area contributed by atoms with Gasteiger partial charge in [0.15, 0.2) is 0 Å². The summed E-state index contributed by atoms with van der Waals surface area (Å²) in [6, 6.07) is 15.9. The highest BCUT2D eigenvalue weighted by Gasteiger charge is 2.47. The van der Waals surface area contributed by atoms with E-state index in [1.54, 1.807) is 13.0 Å². The van der Waals surface area contributed by atoms with Gasteiger partial charge in [0.05, 0.1) is 6.04 Å². The van der Waals surface area contributed by atoms with E-state index < -0.39 is 0 Å². The second kappa shape index (κ2) is 6.45. The number of nitriles is 1. The number of pyridine rings is 1. The van der Waals surface area contributed by atoms with Crippen molar-refractivity contribution in [3.63, 3.8) is 0 Å². The third kappa shape index (κ3) is 2.82. The normalized spacial score (nSPS) is 24.5. The number of nitrogens with zero attached hydrogens (tertiary/aromatic N) is 3. The van der Waals surface area contributed by atoms with Crippen LogP contribution in [0.2, 0.25) is 0 Å². The fourth-order valence-electron chi connectivity index (χ4n) is 4.25. The zero-order chi connectivity index (χ0) is 18.3. The zero-order valence-corrected chi connectivity index (χ0v) is 15.0. The summed E-state index contributed by atoms with van der Waals surface area (Å²) >= 11 is 0. The van der Waals surface area contributed by atoms with Crippen molar-refractivity contribution < 1.29 is 4.79 Å². The second-order valence-corrected chi connectivity index (χ2v) is 7.28. The molecule has 1 amide bonds. The van der Waals surface area contributed by atoms with Crippen molar-refractivity contribution in [2.45, 2.75) is 38.8 Å². The molecule has 1 aliphatic carbocycles. The molecule has 1 saturated carbocycles. The molecule has 5 heteroatoms. The Bertz CT molecular complexity index is 884. The molecule has 3 atom stereocenters. The van der Waals surface area contributed by atoms with E-state index in [-0.39, 0.29) is 23.9 Å². The summed E-state index contributed by atoms with van der Waals surface area (Å²) in [4.78, 5) is 18.8. The molecule has 1 unspecified atom stereocenters. The molecular formula is C21H22N4O. The number of hydrogen-bond donors (Lipinski definition) is 1. The Balaban J connectivity index is 1.76. The summed E-state index contributed by atoms with van der Waals surface area (Å²) in [7, 11) is 0. The van der Waals surface area contributed by atoms with Crippen molar-refractivity contribution in [3.05, 3.63) is 53.7 Å². The van der Waals surface area contributed by atoms with Crippen LogP contribution in [0.5, 0.6) is 0 Å². The molecule has 0 saturated heterocycles. The van der Waals surface area contributed by atoms with Crippen LogP contribution in [0.4, 0.5) is 11.5 Å². The van der Waals surface area contributed by atoms with Crippen LogP contribution in [0.1, 0.15) is 44.0 Å². The SMILES string of the molecule is CC(=O)N1c2ccccc2C(Nc2cccc(C#N)n2)[C@@H](C)[C@@H]1C1CC1. The summed E-state index contributed by atoms with van der Waals surface area (Å²) in [5.74, 6) is 1.60. The van der Waals surface area contributed by atoms with E-state index >= 15 is 0 Å². The molecular weight excluding hydrogens is 324 g/mol. The van der Waals surface area contributed by atoms with Gasteiger partial charge in [-0.25, -0.2) is 4.98 Å². The van der Waals surface area contributed by atoms with Crippen molar-refractivity contribution in [1.82, 2.24) is 4.98 Å². The Morgan fingerprint density at radius 1 is 1.23 bits per heavy atom. The van der Waals surface area contributed by atoms with Crippen LogP contribution < -0.4 is 10.2 Å². The molecule has 1 aromatic carbocycles. The van der Waals surface area contributed by atoms with E-state index in [0.717, 1.165) is 11.3 Å². The van der Waals surface area contributed by atoms with Gasteiger partial charge in [0, 0.05) is 24.6 Å². The first-order valence-electron chi connectivity index (χ1n) is 9.12. The summed E-state index contributed by atoms with van der Waals surface area (Å²) < 4.78 is 0. The van der Waals surface area contributed by atoms with Gasteiger partial charge < -0.3 is 10.2 Å². The van der Waals surface area contributed by atoms with Gasteiger partial charge in [-0.05, 0) is 42.5 Å². The number of hydrogen-bond acceptors (Lipinski definition) is 4. The molecule has 5 nitrogen and oxygen atoms in total. The highest BCUT2D eigenvalue weighted by atomic mass is 16.2. The van der Waals surface area contributed by atoms with Crippen LogP contribution >= 0.6 is 0 Å². The molecule has 1 aromatic heterocycles. The van der Waals surface area contributed by atoms with Gasteiger partial charge in [-0.2, -0.15) is 5.26 Å². The highest BCUT2D eigenvalue weighted by Crippen LogP contribution is 2.49. The molecule has 26 heavy (non-hydrogen) atoms. The van der Waals surface area contributed by atoms with Gasteiger partial charge in [-0.3, -0.25) is 4.79 Å². The minimum absolute atomic E-state index is 0.0499. The Kier molecular flexibility index (Phi) is 4.12. The second-order valence-electron chi connectivity index (χ2n) is 7.28. The third-order valence-corrected chi connectivity index (χ3v) is 5.51. The topological polar surface area (TPSA) is 69.0 Å². The third-order valence-electron chi connectivity index (χ3n) is 5.51. The number of aromatic nitrogens is 1.